The third kappa shape index (κ3) is 3.89. The first-order chi connectivity index (χ1) is 11.3. The Morgan fingerprint density at radius 1 is 1.12 bits per heavy atom. The van der Waals surface area contributed by atoms with Crippen LogP contribution in [0.5, 0.6) is 5.75 Å². The van der Waals surface area contributed by atoms with E-state index in [1.165, 1.54) is 18.2 Å². The maximum Gasteiger partial charge on any atom is 0.387 e. The molecule has 0 heterocycles. The van der Waals surface area contributed by atoms with Crippen molar-refractivity contribution < 1.29 is 31.9 Å². The van der Waals surface area contributed by atoms with Gasteiger partial charge in [-0.3, -0.25) is 9.59 Å². The van der Waals surface area contributed by atoms with Crippen LogP contribution in [0.2, 0.25) is 0 Å². The van der Waals surface area contributed by atoms with Crippen molar-refractivity contribution in [1.82, 2.24) is 0 Å². The Kier molecular flexibility index (Phi) is 5.18. The minimum Gasteiger partial charge on any atom is -0.434 e. The Morgan fingerprint density at radius 2 is 1.79 bits per heavy atom. The van der Waals surface area contributed by atoms with Crippen LogP contribution in [0.25, 0.3) is 0 Å². The number of ether oxygens (including phenoxy) is 1. The van der Waals surface area contributed by atoms with E-state index in [1.54, 1.807) is 0 Å². The minimum absolute atomic E-state index is 0.205. The van der Waals surface area contributed by atoms with Crippen LogP contribution in [-0.2, 0) is 10.7 Å². The van der Waals surface area contributed by atoms with Crippen molar-refractivity contribution in [3.63, 3.8) is 0 Å². The molecule has 1 N–H and O–H groups in total. The Bertz CT molecular complexity index is 735. The number of alkyl halides is 4. The fourth-order valence-corrected chi connectivity index (χ4v) is 1.90. The summed E-state index contributed by atoms with van der Waals surface area (Å²) in [5.74, 6) is -6.00. The summed E-state index contributed by atoms with van der Waals surface area (Å²) in [5, 5.41) is 1.92. The number of carbonyl (C=O) groups excluding carboxylic acids is 2. The Labute approximate surface area is 134 Å². The van der Waals surface area contributed by atoms with E-state index in [1.807, 2.05) is 5.32 Å². The van der Waals surface area contributed by atoms with Gasteiger partial charge in [0.05, 0.1) is 5.56 Å². The Balaban J connectivity index is 2.24. The van der Waals surface area contributed by atoms with Crippen molar-refractivity contribution in [3.05, 3.63) is 59.7 Å². The summed E-state index contributed by atoms with van der Waals surface area (Å²) in [6.45, 7) is -3.21. The highest BCUT2D eigenvalue weighted by Gasteiger charge is 2.40. The molecule has 1 amide bonds. The SMILES string of the molecule is O=Cc1ccc(NC(=O)C(F)(F)c2ccccc2)cc1OC(F)F. The van der Waals surface area contributed by atoms with Crippen molar-refractivity contribution in [2.75, 3.05) is 5.32 Å². The summed E-state index contributed by atoms with van der Waals surface area (Å²) in [6.07, 6.45) is 0.266. The highest BCUT2D eigenvalue weighted by Crippen LogP contribution is 2.30. The van der Waals surface area contributed by atoms with Gasteiger partial charge in [-0.25, -0.2) is 0 Å². The van der Waals surface area contributed by atoms with Crippen LogP contribution in [0.4, 0.5) is 23.2 Å². The second kappa shape index (κ2) is 7.12. The second-order valence-corrected chi connectivity index (χ2v) is 4.64. The molecule has 0 spiro atoms. The lowest BCUT2D eigenvalue weighted by Gasteiger charge is -2.17. The topological polar surface area (TPSA) is 55.4 Å². The van der Waals surface area contributed by atoms with E-state index in [0.717, 1.165) is 30.3 Å². The number of nitrogens with one attached hydrogen (secondary N) is 1. The van der Waals surface area contributed by atoms with Gasteiger partial charge in [-0.15, -0.1) is 0 Å². The molecule has 2 aromatic rings. The molecule has 2 aromatic carbocycles. The van der Waals surface area contributed by atoms with Crippen molar-refractivity contribution in [3.8, 4) is 5.75 Å². The Hall–Kier alpha value is -2.90. The summed E-state index contributed by atoms with van der Waals surface area (Å²) >= 11 is 0. The molecule has 0 bridgehead atoms. The summed E-state index contributed by atoms with van der Waals surface area (Å²) in [6, 6.07) is 9.45. The van der Waals surface area contributed by atoms with Crippen LogP contribution in [-0.4, -0.2) is 18.8 Å². The van der Waals surface area contributed by atoms with E-state index >= 15 is 0 Å². The van der Waals surface area contributed by atoms with E-state index in [0.29, 0.717) is 0 Å². The summed E-state index contributed by atoms with van der Waals surface area (Å²) in [7, 11) is 0. The summed E-state index contributed by atoms with van der Waals surface area (Å²) in [5.41, 5.74) is -0.934. The average Bonchev–Trinajstić information content (AvgIpc) is 2.55. The number of rotatable bonds is 6. The molecule has 0 atom stereocenters. The van der Waals surface area contributed by atoms with Crippen LogP contribution in [0.15, 0.2) is 48.5 Å². The van der Waals surface area contributed by atoms with Crippen LogP contribution in [0, 0.1) is 0 Å². The zero-order valence-corrected chi connectivity index (χ0v) is 12.0. The first-order valence-electron chi connectivity index (χ1n) is 6.63. The highest BCUT2D eigenvalue weighted by atomic mass is 19.3. The fourth-order valence-electron chi connectivity index (χ4n) is 1.90. The van der Waals surface area contributed by atoms with Crippen molar-refractivity contribution in [2.24, 2.45) is 0 Å². The van der Waals surface area contributed by atoms with E-state index in [9.17, 15) is 27.2 Å². The number of aldehydes is 1. The predicted octanol–water partition coefficient (Wildman–Crippen LogP) is 3.83. The van der Waals surface area contributed by atoms with Gasteiger partial charge in [0.2, 0.25) is 0 Å². The molecule has 0 fully saturated rings. The zero-order valence-electron chi connectivity index (χ0n) is 12.0. The number of carbonyl (C=O) groups is 2. The minimum atomic E-state index is -3.83. The normalized spacial score (nSPS) is 11.2. The fraction of sp³-hybridized carbons (Fsp3) is 0.125. The standard InChI is InChI=1S/C16H11F4NO3/c17-15(18)24-13-8-12(7-6-10(13)9-22)21-14(23)16(19,20)11-4-2-1-3-5-11/h1-9,15H,(H,21,23). The Morgan fingerprint density at radius 3 is 2.38 bits per heavy atom. The smallest absolute Gasteiger partial charge is 0.387 e. The predicted molar refractivity (Wildman–Crippen MR) is 77.4 cm³/mol. The van der Waals surface area contributed by atoms with Gasteiger partial charge in [-0.05, 0) is 12.1 Å². The highest BCUT2D eigenvalue weighted by molar-refractivity contribution is 5.97. The molecule has 2 rings (SSSR count). The van der Waals surface area contributed by atoms with Gasteiger partial charge in [0.25, 0.3) is 5.91 Å². The number of amides is 1. The molecule has 24 heavy (non-hydrogen) atoms. The first-order valence-corrected chi connectivity index (χ1v) is 6.63. The lowest BCUT2D eigenvalue weighted by atomic mass is 10.1. The van der Waals surface area contributed by atoms with Gasteiger partial charge in [0.1, 0.15) is 5.75 Å². The number of benzene rings is 2. The van der Waals surface area contributed by atoms with Crippen LogP contribution in [0.3, 0.4) is 0 Å². The van der Waals surface area contributed by atoms with Crippen LogP contribution >= 0.6 is 0 Å². The van der Waals surface area contributed by atoms with Crippen LogP contribution in [0.1, 0.15) is 15.9 Å². The lowest BCUT2D eigenvalue weighted by Crippen LogP contribution is -2.32. The van der Waals surface area contributed by atoms with E-state index in [2.05, 4.69) is 4.74 Å². The first kappa shape index (κ1) is 17.5. The molecular formula is C16H11F4NO3. The maximum atomic E-state index is 14.1. The number of hydrogen-bond donors (Lipinski definition) is 1. The molecule has 0 unspecified atom stereocenters. The number of anilines is 1. The third-order valence-electron chi connectivity index (χ3n) is 3.04. The molecule has 126 valence electrons. The molecule has 0 saturated carbocycles. The van der Waals surface area contributed by atoms with Crippen LogP contribution < -0.4 is 10.1 Å². The van der Waals surface area contributed by atoms with Gasteiger partial charge in [0.15, 0.2) is 6.29 Å². The molecule has 8 heteroatoms. The number of halogens is 4. The van der Waals surface area contributed by atoms with E-state index in [4.69, 9.17) is 0 Å². The van der Waals surface area contributed by atoms with E-state index in [-0.39, 0.29) is 17.5 Å². The van der Waals surface area contributed by atoms with Crippen molar-refractivity contribution in [1.29, 1.82) is 0 Å². The monoisotopic (exact) mass is 341 g/mol. The molecule has 0 aliphatic heterocycles. The van der Waals surface area contributed by atoms with Crippen molar-refractivity contribution in [2.45, 2.75) is 12.5 Å². The molecule has 0 aliphatic carbocycles. The summed E-state index contributed by atoms with van der Waals surface area (Å²) in [4.78, 5) is 22.6. The molecule has 0 saturated heterocycles. The molecule has 0 aliphatic rings. The second-order valence-electron chi connectivity index (χ2n) is 4.64. The van der Waals surface area contributed by atoms with Gasteiger partial charge in [0, 0.05) is 17.3 Å². The zero-order chi connectivity index (χ0) is 17.7. The molecule has 4 nitrogen and oxygen atoms in total. The lowest BCUT2D eigenvalue weighted by molar-refractivity contribution is -0.140. The average molecular weight is 341 g/mol. The van der Waals surface area contributed by atoms with Gasteiger partial charge in [-0.2, -0.15) is 17.6 Å². The van der Waals surface area contributed by atoms with Gasteiger partial charge < -0.3 is 10.1 Å². The molecule has 0 radical (unpaired) electrons. The van der Waals surface area contributed by atoms with E-state index < -0.39 is 29.8 Å². The molecular weight excluding hydrogens is 330 g/mol. The molecule has 0 aromatic heterocycles. The van der Waals surface area contributed by atoms with Gasteiger partial charge >= 0.3 is 12.5 Å². The number of hydrogen-bond acceptors (Lipinski definition) is 3. The third-order valence-corrected chi connectivity index (χ3v) is 3.04. The van der Waals surface area contributed by atoms with Crippen molar-refractivity contribution >= 4 is 17.9 Å². The quantitative estimate of drug-likeness (QED) is 0.642. The maximum absolute atomic E-state index is 14.1. The summed E-state index contributed by atoms with van der Waals surface area (Å²) < 4.78 is 56.9. The van der Waals surface area contributed by atoms with Gasteiger partial charge in [-0.1, -0.05) is 30.3 Å². The largest absolute Gasteiger partial charge is 0.434 e.